The number of amides is 4. The highest BCUT2D eigenvalue weighted by Crippen LogP contribution is 2.43. The van der Waals surface area contributed by atoms with E-state index in [0.29, 0.717) is 15.9 Å². The van der Waals surface area contributed by atoms with Gasteiger partial charge in [-0.05, 0) is 31.0 Å². The van der Waals surface area contributed by atoms with Gasteiger partial charge in [-0.15, -0.1) is 0 Å². The molecule has 2 heterocycles. The van der Waals surface area contributed by atoms with Crippen LogP contribution < -0.4 is 9.80 Å². The summed E-state index contributed by atoms with van der Waals surface area (Å²) in [6.45, 7) is -0.809. The Bertz CT molecular complexity index is 1290. The summed E-state index contributed by atoms with van der Waals surface area (Å²) in [6, 6.07) is -1.01. The Labute approximate surface area is 204 Å². The largest absolute Gasteiger partial charge is 0.465 e. The average Bonchev–Trinajstić information content (AvgIpc) is 3.35. The summed E-state index contributed by atoms with van der Waals surface area (Å²) >= 11 is 5.55. The molecule has 0 spiro atoms. The minimum atomic E-state index is -4.97. The van der Waals surface area contributed by atoms with Gasteiger partial charge in [0.25, 0.3) is 5.91 Å². The molecule has 2 atom stereocenters. The van der Waals surface area contributed by atoms with Gasteiger partial charge >= 0.3 is 18.3 Å². The molecule has 2 N–H and O–H groups in total. The number of carbonyl (C=O) groups is 3. The number of halogens is 6. The van der Waals surface area contributed by atoms with Gasteiger partial charge in [0.1, 0.15) is 22.7 Å². The smallest absolute Gasteiger partial charge is 0.416 e. The molecule has 4 rings (SSSR count). The number of aliphatic hydroxyl groups excluding tert-OH is 1. The number of fused-ring (bicyclic) bond motifs is 1. The van der Waals surface area contributed by atoms with Crippen LogP contribution in [-0.4, -0.2) is 57.8 Å². The Morgan fingerprint density at radius 2 is 1.92 bits per heavy atom. The minimum absolute atomic E-state index is 0.0558. The molecule has 192 valence electrons. The van der Waals surface area contributed by atoms with Crippen molar-refractivity contribution >= 4 is 41.1 Å². The quantitative estimate of drug-likeness (QED) is 0.455. The number of alkyl halides is 3. The van der Waals surface area contributed by atoms with E-state index in [0.717, 1.165) is 19.2 Å². The van der Waals surface area contributed by atoms with Crippen LogP contribution in [0.1, 0.15) is 29.3 Å². The molecule has 1 aromatic heterocycles. The molecule has 4 amide bonds. The molecule has 0 bridgehead atoms. The minimum Gasteiger partial charge on any atom is -0.465 e. The van der Waals surface area contributed by atoms with Crippen LogP contribution in [0.3, 0.4) is 0 Å². The van der Waals surface area contributed by atoms with E-state index in [4.69, 9.17) is 11.6 Å². The third kappa shape index (κ3) is 4.09. The molecule has 1 aromatic carbocycles. The molecule has 1 aliphatic carbocycles. The zero-order valence-corrected chi connectivity index (χ0v) is 18.9. The van der Waals surface area contributed by atoms with Crippen molar-refractivity contribution in [2.75, 3.05) is 23.4 Å². The first-order chi connectivity index (χ1) is 16.7. The zero-order chi connectivity index (χ0) is 26.7. The van der Waals surface area contributed by atoms with Crippen LogP contribution in [0.4, 0.5) is 43.0 Å². The number of aliphatic hydroxyl groups is 1. The van der Waals surface area contributed by atoms with E-state index >= 15 is 0 Å². The van der Waals surface area contributed by atoms with Crippen molar-refractivity contribution in [1.82, 2.24) is 9.88 Å². The van der Waals surface area contributed by atoms with E-state index < -0.39 is 82.2 Å². The second kappa shape index (κ2) is 8.85. The van der Waals surface area contributed by atoms with Crippen molar-refractivity contribution in [3.63, 3.8) is 0 Å². The number of anilines is 2. The number of likely N-dealkylation sites (N-methyl/N-ethyl adjacent to an activating group) is 1. The fourth-order valence-corrected chi connectivity index (χ4v) is 4.41. The van der Waals surface area contributed by atoms with Gasteiger partial charge < -0.3 is 15.1 Å². The van der Waals surface area contributed by atoms with Gasteiger partial charge in [0, 0.05) is 18.3 Å². The lowest BCUT2D eigenvalue weighted by atomic mass is 10.0. The van der Waals surface area contributed by atoms with Crippen LogP contribution in [-0.2, 0) is 17.4 Å². The molecule has 2 aliphatic rings. The van der Waals surface area contributed by atoms with Crippen LogP contribution >= 0.6 is 11.6 Å². The van der Waals surface area contributed by atoms with Crippen LogP contribution in [0.5, 0.6) is 0 Å². The normalized spacial score (nSPS) is 19.6. The number of aryl methyl sites for hydroxylation is 1. The monoisotopic (exact) mass is 534 g/mol. The van der Waals surface area contributed by atoms with Crippen molar-refractivity contribution in [1.29, 1.82) is 0 Å². The molecule has 1 saturated heterocycles. The first kappa shape index (κ1) is 25.6. The van der Waals surface area contributed by atoms with E-state index in [1.54, 1.807) is 0 Å². The maximum absolute atomic E-state index is 14.5. The lowest BCUT2D eigenvalue weighted by molar-refractivity contribution is -0.139. The van der Waals surface area contributed by atoms with E-state index in [1.807, 2.05) is 0 Å². The third-order valence-corrected chi connectivity index (χ3v) is 6.34. The highest BCUT2D eigenvalue weighted by Gasteiger charge is 2.49. The fraction of sp³-hybridized carbons (Fsp3) is 0.333. The molecule has 15 heteroatoms. The second-order valence-corrected chi connectivity index (χ2v) is 8.47. The van der Waals surface area contributed by atoms with Crippen LogP contribution in [0.25, 0.3) is 0 Å². The summed E-state index contributed by atoms with van der Waals surface area (Å²) in [6.07, 6.45) is -8.31. The molecule has 1 unspecified atom stereocenters. The number of pyridine rings is 1. The van der Waals surface area contributed by atoms with Gasteiger partial charge in [0.05, 0.1) is 23.9 Å². The van der Waals surface area contributed by atoms with Gasteiger partial charge in [0.15, 0.2) is 5.82 Å². The Kier molecular flexibility index (Phi) is 6.29. The van der Waals surface area contributed by atoms with E-state index in [9.17, 15) is 46.5 Å². The molecule has 0 radical (unpaired) electrons. The number of carboxylic acid groups (broad SMARTS) is 1. The average molecular weight is 535 g/mol. The highest BCUT2D eigenvalue weighted by atomic mass is 35.5. The molecule has 36 heavy (non-hydrogen) atoms. The standard InChI is InChI=1S/C21H16ClF5N4O5/c1-29(11-4-2-9(23)16(22)17(11)24)18(33)12-7-30(20(35)36)19(34)31(12)14-6-8(21(25,26)27)15-10(28-14)3-5-13(15)32/h2,4,6,12-13,32H,3,5,7H2,1H3,(H,35,36)/t12-,13?/m0/s1. The number of urea groups is 1. The van der Waals surface area contributed by atoms with Crippen LogP contribution in [0.2, 0.25) is 5.02 Å². The van der Waals surface area contributed by atoms with Crippen molar-refractivity contribution in [3.05, 3.63) is 51.7 Å². The predicted molar refractivity (Wildman–Crippen MR) is 114 cm³/mol. The predicted octanol–water partition coefficient (Wildman–Crippen LogP) is 3.96. The second-order valence-electron chi connectivity index (χ2n) is 8.09. The Morgan fingerprint density at radius 1 is 1.25 bits per heavy atom. The van der Waals surface area contributed by atoms with Crippen molar-refractivity contribution in [3.8, 4) is 0 Å². The Morgan fingerprint density at radius 3 is 2.53 bits per heavy atom. The maximum atomic E-state index is 14.5. The number of benzene rings is 1. The van der Waals surface area contributed by atoms with E-state index in [1.165, 1.54) is 0 Å². The molecule has 0 saturated carbocycles. The Balaban J connectivity index is 1.82. The summed E-state index contributed by atoms with van der Waals surface area (Å²) in [5.74, 6) is -4.21. The molecule has 9 nitrogen and oxygen atoms in total. The summed E-state index contributed by atoms with van der Waals surface area (Å²) in [4.78, 5) is 43.1. The Hall–Kier alpha value is -3.52. The SMILES string of the molecule is CN(C(=O)[C@@H]1CN(C(=O)O)C(=O)N1c1cc(C(F)(F)F)c2c(n1)CCC2O)c1ccc(F)c(Cl)c1F. The first-order valence-electron chi connectivity index (χ1n) is 10.3. The summed E-state index contributed by atoms with van der Waals surface area (Å²) in [5.41, 5.74) is -2.43. The summed E-state index contributed by atoms with van der Waals surface area (Å²) in [5, 5.41) is 18.5. The first-order valence-corrected chi connectivity index (χ1v) is 10.7. The van der Waals surface area contributed by atoms with Gasteiger partial charge in [-0.2, -0.15) is 13.2 Å². The highest BCUT2D eigenvalue weighted by molar-refractivity contribution is 6.31. The number of aromatic nitrogens is 1. The lowest BCUT2D eigenvalue weighted by Gasteiger charge is -2.27. The number of hydrogen-bond acceptors (Lipinski definition) is 5. The van der Waals surface area contributed by atoms with Gasteiger partial charge in [-0.1, -0.05) is 11.6 Å². The van der Waals surface area contributed by atoms with Crippen LogP contribution in [0, 0.1) is 11.6 Å². The van der Waals surface area contributed by atoms with Gasteiger partial charge in [-0.3, -0.25) is 9.69 Å². The maximum Gasteiger partial charge on any atom is 0.416 e. The lowest BCUT2D eigenvalue weighted by Crippen LogP contribution is -2.47. The number of rotatable bonds is 3. The van der Waals surface area contributed by atoms with Crippen LogP contribution in [0.15, 0.2) is 18.2 Å². The summed E-state index contributed by atoms with van der Waals surface area (Å²) in [7, 11) is 1.04. The zero-order valence-electron chi connectivity index (χ0n) is 18.2. The van der Waals surface area contributed by atoms with E-state index in [2.05, 4.69) is 4.98 Å². The fourth-order valence-electron chi connectivity index (χ4n) is 4.25. The molecule has 2 aromatic rings. The number of nitrogens with zero attached hydrogens (tertiary/aromatic N) is 4. The van der Waals surface area contributed by atoms with Crippen molar-refractivity contribution in [2.24, 2.45) is 0 Å². The summed E-state index contributed by atoms with van der Waals surface area (Å²) < 4.78 is 69.5. The van der Waals surface area contributed by atoms with Gasteiger partial charge in [-0.25, -0.2) is 28.3 Å². The molecular weight excluding hydrogens is 519 g/mol. The van der Waals surface area contributed by atoms with E-state index in [-0.39, 0.29) is 23.4 Å². The molecule has 1 aliphatic heterocycles. The number of imide groups is 1. The van der Waals surface area contributed by atoms with Crippen molar-refractivity contribution < 1.29 is 46.5 Å². The molecule has 1 fully saturated rings. The topological polar surface area (TPSA) is 114 Å². The number of hydrogen-bond donors (Lipinski definition) is 2. The number of carbonyl (C=O) groups excluding carboxylic acids is 2. The third-order valence-electron chi connectivity index (χ3n) is 5.99. The molecular formula is C21H16ClF5N4O5. The van der Waals surface area contributed by atoms with Crippen molar-refractivity contribution in [2.45, 2.75) is 31.2 Å². The van der Waals surface area contributed by atoms with Gasteiger partial charge in [0.2, 0.25) is 0 Å².